The van der Waals surface area contributed by atoms with Crippen LogP contribution in [0.3, 0.4) is 0 Å². The molecule has 6 heterocycles. The van der Waals surface area contributed by atoms with Gasteiger partial charge in [0.1, 0.15) is 0 Å². The van der Waals surface area contributed by atoms with Crippen molar-refractivity contribution in [3.8, 4) is 34.0 Å². The van der Waals surface area contributed by atoms with E-state index in [0.29, 0.717) is 0 Å². The maximum Gasteiger partial charge on any atom is 0.160 e. The first-order chi connectivity index (χ1) is 41.3. The number of fused-ring (bicyclic) bond motifs is 1. The first-order valence-corrected chi connectivity index (χ1v) is 32.8. The van der Waals surface area contributed by atoms with Crippen LogP contribution < -0.4 is 9.47 Å². The smallest absolute Gasteiger partial charge is 0.160 e. The number of hydrogen-bond acceptors (Lipinski definition) is 13. The van der Waals surface area contributed by atoms with E-state index in [0.717, 1.165) is 83.4 Å². The molecule has 0 aliphatic heterocycles. The van der Waals surface area contributed by atoms with Gasteiger partial charge in [-0.3, -0.25) is 9.97 Å². The number of thiazole rings is 5. The molecule has 0 aliphatic carbocycles. The number of methoxy groups -OCH3 is 2. The Balaban J connectivity index is 0.000000209. The van der Waals surface area contributed by atoms with Crippen molar-refractivity contribution in [1.82, 2.24) is 29.9 Å². The number of hydrogen-bond donors (Lipinski definition) is 0. The Kier molecular flexibility index (Phi) is 32.4. The second-order valence-electron chi connectivity index (χ2n) is 19.8. The Morgan fingerprint density at radius 3 is 1.37 bits per heavy atom. The van der Waals surface area contributed by atoms with E-state index in [2.05, 4.69) is 180 Å². The number of aromatic nitrogens is 6. The summed E-state index contributed by atoms with van der Waals surface area (Å²) in [6.45, 7) is 30.9. The molecule has 86 heavy (non-hydrogen) atoms. The lowest BCUT2D eigenvalue weighted by molar-refractivity contribution is 0.354. The molecule has 0 aliphatic rings. The summed E-state index contributed by atoms with van der Waals surface area (Å²) in [5, 5.41) is 11.8. The van der Waals surface area contributed by atoms with Crippen molar-refractivity contribution in [2.45, 2.75) is 117 Å². The summed E-state index contributed by atoms with van der Waals surface area (Å²) in [7, 11) is 3.29. The van der Waals surface area contributed by atoms with E-state index in [1.165, 1.54) is 54.1 Å². The Morgan fingerprint density at radius 1 is 0.384 bits per heavy atom. The summed E-state index contributed by atoms with van der Waals surface area (Å²) in [6.07, 6.45) is 3.96. The van der Waals surface area contributed by atoms with Gasteiger partial charge in [-0.15, -0.1) is 56.7 Å². The van der Waals surface area contributed by atoms with Gasteiger partial charge in [-0.1, -0.05) is 163 Å². The Bertz CT molecular complexity index is 3620. The largest absolute Gasteiger partial charge is 0.493 e. The molecule has 6 aromatic carbocycles. The summed E-state index contributed by atoms with van der Waals surface area (Å²) in [6, 6.07) is 56.0. The first-order valence-electron chi connectivity index (χ1n) is 28.5. The third kappa shape index (κ3) is 27.7. The highest BCUT2D eigenvalue weighted by Gasteiger charge is 2.06. The van der Waals surface area contributed by atoms with Crippen LogP contribution in [0.2, 0.25) is 0 Å². The quantitative estimate of drug-likeness (QED) is 0.162. The maximum atomic E-state index is 5.15. The highest BCUT2D eigenvalue weighted by atomic mass is 32.1. The van der Waals surface area contributed by atoms with E-state index < -0.39 is 0 Å². The maximum absolute atomic E-state index is 5.15. The van der Waals surface area contributed by atoms with Gasteiger partial charge in [0, 0.05) is 55.4 Å². The summed E-state index contributed by atoms with van der Waals surface area (Å²) in [5.41, 5.74) is 17.0. The molecule has 13 heteroatoms. The molecule has 12 rings (SSSR count). The van der Waals surface area contributed by atoms with E-state index in [1.54, 1.807) is 77.1 Å². The van der Waals surface area contributed by atoms with Gasteiger partial charge in [0.25, 0.3) is 0 Å². The molecule has 0 amide bonds. The van der Waals surface area contributed by atoms with Crippen LogP contribution in [0.4, 0.5) is 0 Å². The molecule has 0 saturated heterocycles. The molecule has 0 spiro atoms. The summed E-state index contributed by atoms with van der Waals surface area (Å²) in [5.74, 6) is 1.59. The van der Waals surface area contributed by atoms with Crippen molar-refractivity contribution in [3.63, 3.8) is 0 Å². The van der Waals surface area contributed by atoms with Crippen LogP contribution in [-0.4, -0.2) is 44.1 Å². The van der Waals surface area contributed by atoms with Crippen LogP contribution in [0.25, 0.3) is 32.7 Å². The number of para-hydroxylation sites is 1. The molecular weight excluding hydrogens is 1150 g/mol. The third-order valence-corrected chi connectivity index (χ3v) is 16.4. The lowest BCUT2D eigenvalue weighted by Crippen LogP contribution is -1.91. The summed E-state index contributed by atoms with van der Waals surface area (Å²) in [4.78, 5) is 26.8. The van der Waals surface area contributed by atoms with E-state index in [1.807, 2.05) is 134 Å². The number of ether oxygens (including phenoxy) is 2. The Hall–Kier alpha value is -7.52. The minimum Gasteiger partial charge on any atom is -0.493 e. The van der Waals surface area contributed by atoms with Crippen LogP contribution >= 0.6 is 56.7 Å². The van der Waals surface area contributed by atoms with Gasteiger partial charge in [-0.2, -0.15) is 0 Å². The van der Waals surface area contributed by atoms with E-state index >= 15 is 0 Å². The second kappa shape index (κ2) is 39.2. The number of aryl methyl sites for hydroxylation is 15. The average molecular weight is 1240 g/mol. The molecule has 12 aromatic rings. The van der Waals surface area contributed by atoms with E-state index in [9.17, 15) is 0 Å². The zero-order valence-corrected chi connectivity index (χ0v) is 57.4. The van der Waals surface area contributed by atoms with Gasteiger partial charge in [-0.05, 0) is 150 Å². The summed E-state index contributed by atoms with van der Waals surface area (Å²) >= 11 is 8.55. The first kappa shape index (κ1) is 71.0. The molecule has 8 nitrogen and oxygen atoms in total. The van der Waals surface area contributed by atoms with Crippen LogP contribution in [0, 0.1) is 90.0 Å². The van der Waals surface area contributed by atoms with Crippen LogP contribution in [0.15, 0.2) is 186 Å². The molecule has 0 atom stereocenters. The SMILES string of the molecule is CCc1ccc(C)cc1.CCc1ccc(OC)c(OC)c1.Cc1ccc(-c2csc(C)n2)cc1.Cc1cccc(C)c1.Cc1cccc(C)n1.Cc1csc(C)n1.Cc1nc(-c2ccccc2)c(C)s1.Cc1nc2ccccc2s1.Cc1nccs1. The standard InChI is InChI=1S/2C11H11NS.C10H14O2.C9H12.C8H7NS.C8H10.C7H9N.C5H7NS.C4H5NS/c1-8-3-5-10(6-4-8)11-7-13-9(2)12-11;1-8-11(12-9(2)13-8)10-6-4-3-5-7-10;1-4-8-5-6-9(11-2)10(7-8)12-3;1-3-9-6-4-8(2)5-7-9;1-6-9-7-4-2-3-5-8(7)10-6;1-7-4-3-5-8(2)6-7;1-6-4-3-5-7(2)8-6;1-4-3-7-5(2)6-4;1-4-5-2-3-6-4/h2*3-7H,1-2H3;5-7H,4H2,1-3H3;4-7H,3H2,1-2H3;2-5H,1H3;3-6H,1-2H3;3-5H,1-2H3;3H,1-2H3;2-3H,1H3. The minimum atomic E-state index is 0.787. The van der Waals surface area contributed by atoms with Crippen LogP contribution in [-0.2, 0) is 12.8 Å². The normalized spacial score (nSPS) is 9.78. The molecule has 0 unspecified atom stereocenters. The molecular formula is C73H86N6O2S5. The topological polar surface area (TPSA) is 95.8 Å². The van der Waals surface area contributed by atoms with Crippen LogP contribution in [0.1, 0.15) is 94.2 Å². The summed E-state index contributed by atoms with van der Waals surface area (Å²) < 4.78 is 11.5. The van der Waals surface area contributed by atoms with Crippen molar-refractivity contribution in [1.29, 1.82) is 0 Å². The molecule has 0 radical (unpaired) electrons. The predicted molar refractivity (Wildman–Crippen MR) is 376 cm³/mol. The van der Waals surface area contributed by atoms with E-state index in [-0.39, 0.29) is 0 Å². The molecule has 6 aromatic heterocycles. The number of pyridine rings is 1. The molecule has 0 bridgehead atoms. The fourth-order valence-corrected chi connectivity index (χ4v) is 11.1. The number of rotatable bonds is 6. The van der Waals surface area contributed by atoms with Gasteiger partial charge >= 0.3 is 0 Å². The zero-order valence-electron chi connectivity index (χ0n) is 53.4. The number of nitrogens with zero attached hydrogens (tertiary/aromatic N) is 6. The molecule has 0 fully saturated rings. The lowest BCUT2D eigenvalue weighted by atomic mass is 10.1. The minimum absolute atomic E-state index is 0.787. The Labute approximate surface area is 533 Å². The predicted octanol–water partition coefficient (Wildman–Crippen LogP) is 21.5. The highest BCUT2D eigenvalue weighted by Crippen LogP contribution is 2.28. The van der Waals surface area contributed by atoms with Crippen molar-refractivity contribution in [2.24, 2.45) is 0 Å². The fraction of sp³-hybridized carbons (Fsp3) is 0.260. The highest BCUT2D eigenvalue weighted by molar-refractivity contribution is 7.18. The van der Waals surface area contributed by atoms with Crippen molar-refractivity contribution < 1.29 is 9.47 Å². The van der Waals surface area contributed by atoms with Gasteiger partial charge < -0.3 is 9.47 Å². The van der Waals surface area contributed by atoms with Gasteiger partial charge in [0.05, 0.1) is 60.9 Å². The van der Waals surface area contributed by atoms with Crippen molar-refractivity contribution >= 4 is 66.9 Å². The van der Waals surface area contributed by atoms with Gasteiger partial charge in [0.15, 0.2) is 11.5 Å². The molecule has 0 N–H and O–H groups in total. The third-order valence-electron chi connectivity index (χ3n) is 12.2. The number of benzene rings is 6. The molecule has 0 saturated carbocycles. The lowest BCUT2D eigenvalue weighted by Gasteiger charge is -2.07. The van der Waals surface area contributed by atoms with Crippen molar-refractivity contribution in [2.75, 3.05) is 14.2 Å². The molecule has 450 valence electrons. The zero-order chi connectivity index (χ0) is 62.8. The monoisotopic (exact) mass is 1240 g/mol. The van der Waals surface area contributed by atoms with Crippen LogP contribution in [0.5, 0.6) is 11.5 Å². The van der Waals surface area contributed by atoms with E-state index in [4.69, 9.17) is 9.47 Å². The fourth-order valence-electron chi connectivity index (χ4n) is 7.78. The Morgan fingerprint density at radius 2 is 0.942 bits per heavy atom. The van der Waals surface area contributed by atoms with Gasteiger partial charge in [-0.25, -0.2) is 19.9 Å². The van der Waals surface area contributed by atoms with Gasteiger partial charge in [0.2, 0.25) is 0 Å². The average Bonchev–Trinajstić information content (AvgIpc) is 4.47. The second-order valence-corrected chi connectivity index (χ2v) is 25.7. The van der Waals surface area contributed by atoms with Crippen molar-refractivity contribution in [3.05, 3.63) is 267 Å².